The van der Waals surface area contributed by atoms with Crippen LogP contribution >= 0.6 is 0 Å². The van der Waals surface area contributed by atoms with Crippen LogP contribution in [0.25, 0.3) is 0 Å². The van der Waals surface area contributed by atoms with E-state index in [1.54, 1.807) is 30.3 Å². The van der Waals surface area contributed by atoms with Crippen LogP contribution in [-0.2, 0) is 11.3 Å². The summed E-state index contributed by atoms with van der Waals surface area (Å²) in [6.07, 6.45) is -2.96. The van der Waals surface area contributed by atoms with Gasteiger partial charge in [-0.3, -0.25) is 9.59 Å². The molecular weight excluding hydrogens is 349 g/mol. The van der Waals surface area contributed by atoms with Gasteiger partial charge in [-0.05, 0) is 5.56 Å². The van der Waals surface area contributed by atoms with Crippen LogP contribution in [0.4, 0.5) is 13.2 Å². The van der Waals surface area contributed by atoms with Gasteiger partial charge in [-0.2, -0.15) is 13.2 Å². The number of amides is 1. The van der Waals surface area contributed by atoms with Gasteiger partial charge in [0.05, 0.1) is 0 Å². The number of hydrogen-bond acceptors (Lipinski definition) is 4. The van der Waals surface area contributed by atoms with Crippen molar-refractivity contribution in [1.29, 1.82) is 0 Å². The second-order valence-electron chi connectivity index (χ2n) is 5.47. The molecule has 0 aliphatic rings. The topological polar surface area (TPSA) is 68.3 Å². The minimum Gasteiger partial charge on any atom is -0.468 e. The fourth-order valence-corrected chi connectivity index (χ4v) is 2.04. The zero-order valence-corrected chi connectivity index (χ0v) is 13.8. The van der Waals surface area contributed by atoms with Crippen molar-refractivity contribution in [2.75, 3.05) is 6.61 Å². The van der Waals surface area contributed by atoms with E-state index in [0.29, 0.717) is 11.1 Å². The van der Waals surface area contributed by atoms with Gasteiger partial charge in [-0.25, -0.2) is 4.98 Å². The standard InChI is InChI=1S/C18H17F3N2O3/c19-18(20,21)12-26-17-9-6-13(11-23-17)10-22-16(25)8-7-15(24)14-4-2-1-3-5-14/h1-6,9,11H,7-8,10,12H2,(H,22,25). The molecule has 5 nitrogen and oxygen atoms in total. The Kier molecular flexibility index (Phi) is 6.71. The molecule has 1 N–H and O–H groups in total. The van der Waals surface area contributed by atoms with Crippen LogP contribution in [0.5, 0.6) is 5.88 Å². The third kappa shape index (κ3) is 6.92. The number of halogens is 3. The van der Waals surface area contributed by atoms with Crippen molar-refractivity contribution in [2.24, 2.45) is 0 Å². The highest BCUT2D eigenvalue weighted by Gasteiger charge is 2.28. The molecule has 0 atom stereocenters. The monoisotopic (exact) mass is 366 g/mol. The summed E-state index contributed by atoms with van der Waals surface area (Å²) in [5.41, 5.74) is 1.16. The first kappa shape index (κ1) is 19.4. The number of rotatable bonds is 8. The molecule has 1 amide bonds. The van der Waals surface area contributed by atoms with E-state index in [1.807, 2.05) is 0 Å². The number of nitrogens with one attached hydrogen (secondary N) is 1. The number of aromatic nitrogens is 1. The van der Waals surface area contributed by atoms with Gasteiger partial charge in [0.15, 0.2) is 12.4 Å². The van der Waals surface area contributed by atoms with Crippen LogP contribution in [0.15, 0.2) is 48.7 Å². The summed E-state index contributed by atoms with van der Waals surface area (Å²) in [5, 5.41) is 2.63. The number of pyridine rings is 1. The molecule has 0 saturated carbocycles. The number of benzene rings is 1. The van der Waals surface area contributed by atoms with Crippen molar-refractivity contribution in [3.05, 3.63) is 59.8 Å². The van der Waals surface area contributed by atoms with Gasteiger partial charge in [0, 0.05) is 37.2 Å². The summed E-state index contributed by atoms with van der Waals surface area (Å²) in [6, 6.07) is 11.5. The van der Waals surface area contributed by atoms with E-state index in [1.165, 1.54) is 18.3 Å². The summed E-state index contributed by atoms with van der Waals surface area (Å²) in [6.45, 7) is -1.25. The van der Waals surface area contributed by atoms with Crippen molar-refractivity contribution in [2.45, 2.75) is 25.6 Å². The Balaban J connectivity index is 1.72. The first-order chi connectivity index (χ1) is 12.3. The van der Waals surface area contributed by atoms with Gasteiger partial charge in [0.25, 0.3) is 0 Å². The smallest absolute Gasteiger partial charge is 0.422 e. The molecule has 0 bridgehead atoms. The minimum absolute atomic E-state index is 0.0495. The zero-order chi connectivity index (χ0) is 19.0. The number of Topliss-reactive ketones (excluding diaryl/α,β-unsaturated/α-hetero) is 1. The summed E-state index contributed by atoms with van der Waals surface area (Å²) < 4.78 is 40.6. The third-order valence-corrected chi connectivity index (χ3v) is 3.35. The molecular formula is C18H17F3N2O3. The largest absolute Gasteiger partial charge is 0.468 e. The Hall–Kier alpha value is -2.90. The van der Waals surface area contributed by atoms with E-state index in [0.717, 1.165) is 0 Å². The number of hydrogen-bond donors (Lipinski definition) is 1. The van der Waals surface area contributed by atoms with Gasteiger partial charge in [-0.1, -0.05) is 36.4 Å². The quantitative estimate of drug-likeness (QED) is 0.728. The Bertz CT molecular complexity index is 732. The second kappa shape index (κ2) is 8.98. The molecule has 0 radical (unpaired) electrons. The summed E-state index contributed by atoms with van der Waals surface area (Å²) in [4.78, 5) is 27.5. The lowest BCUT2D eigenvalue weighted by Gasteiger charge is -2.09. The van der Waals surface area contributed by atoms with E-state index in [4.69, 9.17) is 0 Å². The lowest BCUT2D eigenvalue weighted by molar-refractivity contribution is -0.154. The molecule has 8 heteroatoms. The van der Waals surface area contributed by atoms with Crippen molar-refractivity contribution in [3.63, 3.8) is 0 Å². The molecule has 1 aromatic carbocycles. The van der Waals surface area contributed by atoms with Crippen LogP contribution in [0, 0.1) is 0 Å². The average Bonchev–Trinajstić information content (AvgIpc) is 2.63. The first-order valence-corrected chi connectivity index (χ1v) is 7.83. The Labute approximate surface area is 148 Å². The molecule has 2 rings (SSSR count). The second-order valence-corrected chi connectivity index (χ2v) is 5.47. The Morgan fingerprint density at radius 1 is 1.04 bits per heavy atom. The lowest BCUT2D eigenvalue weighted by atomic mass is 10.1. The molecule has 1 heterocycles. The molecule has 0 fully saturated rings. The summed E-state index contributed by atoms with van der Waals surface area (Å²) >= 11 is 0. The van der Waals surface area contributed by atoms with Crippen LogP contribution < -0.4 is 10.1 Å². The number of alkyl halides is 3. The summed E-state index contributed by atoms with van der Waals surface area (Å²) in [5.74, 6) is -0.564. The number of ether oxygens (including phenoxy) is 1. The van der Waals surface area contributed by atoms with Gasteiger partial charge in [0.2, 0.25) is 11.8 Å². The van der Waals surface area contributed by atoms with Gasteiger partial charge < -0.3 is 10.1 Å². The molecule has 0 unspecified atom stereocenters. The maximum Gasteiger partial charge on any atom is 0.422 e. The molecule has 0 saturated heterocycles. The molecule has 0 aliphatic heterocycles. The predicted octanol–water partition coefficient (Wildman–Crippen LogP) is 3.30. The first-order valence-electron chi connectivity index (χ1n) is 7.83. The van der Waals surface area contributed by atoms with Crippen molar-refractivity contribution < 1.29 is 27.5 Å². The number of ketones is 1. The van der Waals surface area contributed by atoms with Crippen LogP contribution in [0.3, 0.4) is 0 Å². The highest BCUT2D eigenvalue weighted by Crippen LogP contribution is 2.17. The van der Waals surface area contributed by atoms with E-state index >= 15 is 0 Å². The van der Waals surface area contributed by atoms with Gasteiger partial charge in [0.1, 0.15) is 0 Å². The molecule has 0 aliphatic carbocycles. The van der Waals surface area contributed by atoms with Crippen LogP contribution in [0.2, 0.25) is 0 Å². The highest BCUT2D eigenvalue weighted by atomic mass is 19.4. The fraction of sp³-hybridized carbons (Fsp3) is 0.278. The zero-order valence-electron chi connectivity index (χ0n) is 13.8. The van der Waals surface area contributed by atoms with E-state index < -0.39 is 12.8 Å². The molecule has 0 spiro atoms. The van der Waals surface area contributed by atoms with Gasteiger partial charge in [-0.15, -0.1) is 0 Å². The fourth-order valence-electron chi connectivity index (χ4n) is 2.04. The van der Waals surface area contributed by atoms with E-state index in [2.05, 4.69) is 15.0 Å². The van der Waals surface area contributed by atoms with Crippen LogP contribution in [-0.4, -0.2) is 29.5 Å². The van der Waals surface area contributed by atoms with Crippen molar-refractivity contribution >= 4 is 11.7 Å². The number of nitrogens with zero attached hydrogens (tertiary/aromatic N) is 1. The third-order valence-electron chi connectivity index (χ3n) is 3.35. The highest BCUT2D eigenvalue weighted by molar-refractivity contribution is 5.97. The molecule has 2 aromatic rings. The minimum atomic E-state index is -4.43. The lowest BCUT2D eigenvalue weighted by Crippen LogP contribution is -2.23. The number of carbonyl (C=O) groups is 2. The summed E-state index contributed by atoms with van der Waals surface area (Å²) in [7, 11) is 0. The normalized spacial score (nSPS) is 11.0. The number of carbonyl (C=O) groups excluding carboxylic acids is 2. The van der Waals surface area contributed by atoms with Gasteiger partial charge >= 0.3 is 6.18 Å². The Morgan fingerprint density at radius 2 is 1.77 bits per heavy atom. The average molecular weight is 366 g/mol. The Morgan fingerprint density at radius 3 is 2.38 bits per heavy atom. The van der Waals surface area contributed by atoms with Crippen LogP contribution in [0.1, 0.15) is 28.8 Å². The van der Waals surface area contributed by atoms with E-state index in [-0.39, 0.29) is 37.0 Å². The molecule has 1 aromatic heterocycles. The SMILES string of the molecule is O=C(CCC(=O)c1ccccc1)NCc1ccc(OCC(F)(F)F)nc1. The maximum absolute atomic E-state index is 12.0. The van der Waals surface area contributed by atoms with E-state index in [9.17, 15) is 22.8 Å². The predicted molar refractivity (Wildman–Crippen MR) is 87.6 cm³/mol. The van der Waals surface area contributed by atoms with Crippen molar-refractivity contribution in [1.82, 2.24) is 10.3 Å². The molecule has 138 valence electrons. The maximum atomic E-state index is 12.0. The van der Waals surface area contributed by atoms with Crippen molar-refractivity contribution in [3.8, 4) is 5.88 Å². The molecule has 26 heavy (non-hydrogen) atoms.